The minimum absolute atomic E-state index is 0.0173. The van der Waals surface area contributed by atoms with E-state index in [1.807, 2.05) is 0 Å². The van der Waals surface area contributed by atoms with Crippen molar-refractivity contribution in [1.82, 2.24) is 19.1 Å². The Balaban J connectivity index is 1.74. The van der Waals surface area contributed by atoms with Crippen LogP contribution in [-0.4, -0.2) is 31.7 Å². The molecule has 0 aliphatic carbocycles. The van der Waals surface area contributed by atoms with Gasteiger partial charge in [0.1, 0.15) is 12.3 Å². The summed E-state index contributed by atoms with van der Waals surface area (Å²) in [6.07, 6.45) is 1.64. The van der Waals surface area contributed by atoms with Crippen LogP contribution in [0.3, 0.4) is 0 Å². The standard InChI is InChI=1S/C23H20ClN5O5S/c1-2-33-19(30)14-29-21(31)27-20(28(23(29)32)13-15-3-5-16(24)6-4-15)26-17-7-9-18(10-8-17)34-22-25-11-12-35-22/h3-12H,2,13-14H2,1H3,(H,26,27,31). The number of rotatable bonds is 8. The normalized spacial score (nSPS) is 11.4. The number of esters is 1. The van der Waals surface area contributed by atoms with Crippen molar-refractivity contribution in [2.75, 3.05) is 6.61 Å². The van der Waals surface area contributed by atoms with E-state index in [1.54, 1.807) is 67.0 Å². The van der Waals surface area contributed by atoms with Gasteiger partial charge in [-0.2, -0.15) is 0 Å². The number of H-pyrrole nitrogens is 1. The monoisotopic (exact) mass is 513 g/mol. The maximum atomic E-state index is 13.2. The van der Waals surface area contributed by atoms with Crippen molar-refractivity contribution in [1.29, 1.82) is 0 Å². The number of carbonyl (C=O) groups is 1. The fourth-order valence-corrected chi connectivity index (χ4v) is 3.73. The van der Waals surface area contributed by atoms with Crippen LogP contribution in [0.4, 0.5) is 5.69 Å². The molecule has 1 N–H and O–H groups in total. The Hall–Kier alpha value is -3.96. The summed E-state index contributed by atoms with van der Waals surface area (Å²) in [4.78, 5) is 49.0. The molecule has 0 amide bonds. The number of aromatic nitrogens is 4. The molecular weight excluding hydrogens is 494 g/mol. The Morgan fingerprint density at radius 1 is 1.11 bits per heavy atom. The molecule has 0 saturated heterocycles. The Bertz CT molecular complexity index is 1490. The zero-order chi connectivity index (χ0) is 24.8. The average molecular weight is 514 g/mol. The Kier molecular flexibility index (Phi) is 7.58. The molecule has 0 bridgehead atoms. The van der Waals surface area contributed by atoms with Gasteiger partial charge < -0.3 is 9.47 Å². The van der Waals surface area contributed by atoms with Crippen LogP contribution in [0.25, 0.3) is 0 Å². The van der Waals surface area contributed by atoms with E-state index in [9.17, 15) is 14.4 Å². The van der Waals surface area contributed by atoms with E-state index in [0.717, 1.165) is 10.1 Å². The summed E-state index contributed by atoms with van der Waals surface area (Å²) >= 11 is 7.33. The molecular formula is C23H20ClN5O5S. The van der Waals surface area contributed by atoms with Crippen molar-refractivity contribution in [3.63, 3.8) is 0 Å². The van der Waals surface area contributed by atoms with Crippen molar-refractivity contribution in [3.8, 4) is 10.9 Å². The third kappa shape index (κ3) is 6.14. The maximum Gasteiger partial charge on any atom is 0.335 e. The molecule has 2 aromatic heterocycles. The first-order valence-corrected chi connectivity index (χ1v) is 11.7. The van der Waals surface area contributed by atoms with Crippen LogP contribution in [0.5, 0.6) is 10.9 Å². The number of hydrogen-bond donors (Lipinski definition) is 1. The first kappa shape index (κ1) is 24.2. The number of benzene rings is 2. The maximum absolute atomic E-state index is 13.2. The van der Waals surface area contributed by atoms with Crippen LogP contribution < -0.4 is 21.7 Å². The van der Waals surface area contributed by atoms with Crippen LogP contribution in [-0.2, 0) is 22.6 Å². The minimum Gasteiger partial charge on any atom is -0.465 e. The van der Waals surface area contributed by atoms with Crippen LogP contribution in [0, 0.1) is 0 Å². The summed E-state index contributed by atoms with van der Waals surface area (Å²) < 4.78 is 12.6. The lowest BCUT2D eigenvalue weighted by Gasteiger charge is -2.11. The number of aromatic amines is 1. The van der Waals surface area contributed by atoms with Crippen molar-refractivity contribution in [2.45, 2.75) is 20.0 Å². The van der Waals surface area contributed by atoms with Crippen LogP contribution >= 0.6 is 22.9 Å². The van der Waals surface area contributed by atoms with E-state index in [2.05, 4.69) is 15.0 Å². The molecule has 4 aromatic rings. The van der Waals surface area contributed by atoms with Crippen LogP contribution in [0.2, 0.25) is 5.02 Å². The van der Waals surface area contributed by atoms with Crippen molar-refractivity contribution in [3.05, 3.63) is 97.3 Å². The van der Waals surface area contributed by atoms with E-state index < -0.39 is 23.9 Å². The first-order chi connectivity index (χ1) is 16.9. The summed E-state index contributed by atoms with van der Waals surface area (Å²) in [6.45, 7) is 1.33. The summed E-state index contributed by atoms with van der Waals surface area (Å²) in [7, 11) is 0. The summed E-state index contributed by atoms with van der Waals surface area (Å²) in [5.74, 6) is -0.134. The number of halogens is 1. The highest BCUT2D eigenvalue weighted by molar-refractivity contribution is 7.11. The second-order valence-corrected chi connectivity index (χ2v) is 8.44. The zero-order valence-corrected chi connectivity index (χ0v) is 20.1. The first-order valence-electron chi connectivity index (χ1n) is 10.5. The van der Waals surface area contributed by atoms with Crippen LogP contribution in [0.1, 0.15) is 12.5 Å². The third-order valence-corrected chi connectivity index (χ3v) is 5.61. The number of nitrogens with zero attached hydrogens (tertiary/aromatic N) is 4. The summed E-state index contributed by atoms with van der Waals surface area (Å²) in [6, 6.07) is 13.6. The molecule has 0 radical (unpaired) electrons. The number of thiazole rings is 1. The smallest absolute Gasteiger partial charge is 0.335 e. The number of carbonyl (C=O) groups excluding carboxylic acids is 1. The number of nitrogens with one attached hydrogen (secondary N) is 1. The molecule has 35 heavy (non-hydrogen) atoms. The summed E-state index contributed by atoms with van der Waals surface area (Å²) in [5, 5.41) is 2.86. The Morgan fingerprint density at radius 3 is 2.51 bits per heavy atom. The minimum atomic E-state index is -0.780. The van der Waals surface area contributed by atoms with Crippen molar-refractivity contribution < 1.29 is 14.3 Å². The van der Waals surface area contributed by atoms with Gasteiger partial charge >= 0.3 is 17.3 Å². The fraction of sp³-hybridized carbons (Fsp3) is 0.174. The highest BCUT2D eigenvalue weighted by Crippen LogP contribution is 2.25. The topological polar surface area (TPSA) is 121 Å². The predicted molar refractivity (Wildman–Crippen MR) is 130 cm³/mol. The molecule has 0 aliphatic heterocycles. The molecule has 0 unspecified atom stereocenters. The fourth-order valence-electron chi connectivity index (χ4n) is 3.10. The molecule has 2 aromatic carbocycles. The molecule has 2 heterocycles. The van der Waals surface area contributed by atoms with E-state index >= 15 is 0 Å². The van der Waals surface area contributed by atoms with E-state index in [0.29, 0.717) is 21.7 Å². The second-order valence-electron chi connectivity index (χ2n) is 7.15. The Labute approximate surface area is 207 Å². The zero-order valence-electron chi connectivity index (χ0n) is 18.5. The van der Waals surface area contributed by atoms with E-state index in [4.69, 9.17) is 21.1 Å². The van der Waals surface area contributed by atoms with E-state index in [-0.39, 0.29) is 18.8 Å². The van der Waals surface area contributed by atoms with Gasteiger partial charge in [0.2, 0.25) is 5.62 Å². The van der Waals surface area contributed by atoms with Gasteiger partial charge in [-0.05, 0) is 48.9 Å². The van der Waals surface area contributed by atoms with Crippen LogP contribution in [0.15, 0.2) is 74.7 Å². The van der Waals surface area contributed by atoms with Gasteiger partial charge in [-0.3, -0.25) is 14.3 Å². The third-order valence-electron chi connectivity index (χ3n) is 4.71. The molecule has 0 saturated carbocycles. The quantitative estimate of drug-likeness (QED) is 0.361. The number of hydrogen-bond acceptors (Lipinski definition) is 8. The lowest BCUT2D eigenvalue weighted by Crippen LogP contribution is -2.51. The molecule has 10 nitrogen and oxygen atoms in total. The molecule has 0 aliphatic rings. The second kappa shape index (κ2) is 11.0. The highest BCUT2D eigenvalue weighted by Gasteiger charge is 2.14. The van der Waals surface area contributed by atoms with Crippen molar-refractivity contribution >= 4 is 34.6 Å². The van der Waals surface area contributed by atoms with Gasteiger partial charge in [0, 0.05) is 16.6 Å². The van der Waals surface area contributed by atoms with Gasteiger partial charge in [0.15, 0.2) is 0 Å². The molecule has 12 heteroatoms. The lowest BCUT2D eigenvalue weighted by molar-refractivity contribution is -0.144. The van der Waals surface area contributed by atoms with Gasteiger partial charge in [0.05, 0.1) is 18.8 Å². The molecule has 4 rings (SSSR count). The lowest BCUT2D eigenvalue weighted by atomic mass is 10.2. The summed E-state index contributed by atoms with van der Waals surface area (Å²) in [5.41, 5.74) is -0.254. The van der Waals surface area contributed by atoms with E-state index in [1.165, 1.54) is 15.9 Å². The van der Waals surface area contributed by atoms with Gasteiger partial charge in [-0.1, -0.05) is 35.1 Å². The molecule has 180 valence electrons. The predicted octanol–water partition coefficient (Wildman–Crippen LogP) is 3.08. The van der Waals surface area contributed by atoms with Gasteiger partial charge in [-0.15, -0.1) is 0 Å². The average Bonchev–Trinajstić information content (AvgIpc) is 3.35. The highest BCUT2D eigenvalue weighted by atomic mass is 35.5. The SMILES string of the molecule is CCOC(=O)Cn1c(=O)[nH]/c(=N\c2ccc(Oc3nccs3)cc2)n(Cc2ccc(Cl)cc2)c1=O. The molecule has 0 spiro atoms. The van der Waals surface area contributed by atoms with Gasteiger partial charge in [-0.25, -0.2) is 24.1 Å². The Morgan fingerprint density at radius 2 is 1.86 bits per heavy atom. The van der Waals surface area contributed by atoms with Crippen molar-refractivity contribution in [2.24, 2.45) is 4.99 Å². The van der Waals surface area contributed by atoms with Gasteiger partial charge in [0.25, 0.3) is 5.19 Å². The molecule has 0 fully saturated rings. The number of ether oxygens (including phenoxy) is 2. The molecule has 0 atom stereocenters. The largest absolute Gasteiger partial charge is 0.465 e.